The third-order valence-corrected chi connectivity index (χ3v) is 5.39. The van der Waals surface area contributed by atoms with Crippen molar-refractivity contribution in [2.45, 2.75) is 16.9 Å². The molecule has 2 heterocycles. The lowest BCUT2D eigenvalue weighted by molar-refractivity contribution is 0.0551. The zero-order chi connectivity index (χ0) is 18.4. The quantitative estimate of drug-likeness (QED) is 0.801. The first kappa shape index (κ1) is 17.5. The highest BCUT2D eigenvalue weighted by Gasteiger charge is 2.49. The summed E-state index contributed by atoms with van der Waals surface area (Å²) in [5, 5.41) is 5.14. The van der Waals surface area contributed by atoms with Crippen LogP contribution in [-0.4, -0.2) is 69.6 Å². The Balaban J connectivity index is 1.88. The smallest absolute Gasteiger partial charge is 0.410 e. The molecule has 10 heteroatoms. The molecule has 0 aliphatic carbocycles. The summed E-state index contributed by atoms with van der Waals surface area (Å²) in [6.07, 6.45) is 0.106. The number of nitrogens with two attached hydrogens (primary N) is 1. The lowest BCUT2D eigenvalue weighted by atomic mass is 10.0. The van der Waals surface area contributed by atoms with E-state index < -0.39 is 27.6 Å². The first-order valence-electron chi connectivity index (χ1n) is 7.59. The summed E-state index contributed by atoms with van der Waals surface area (Å²) in [6.45, 7) is 1.04. The van der Waals surface area contributed by atoms with Crippen LogP contribution in [0.4, 0.5) is 4.79 Å². The Kier molecular flexibility index (Phi) is 4.12. The van der Waals surface area contributed by atoms with E-state index in [1.165, 1.54) is 35.1 Å². The highest BCUT2D eigenvalue weighted by Crippen LogP contribution is 2.33. The van der Waals surface area contributed by atoms with Crippen LogP contribution in [-0.2, 0) is 14.8 Å². The fourth-order valence-electron chi connectivity index (χ4n) is 3.22. The van der Waals surface area contributed by atoms with Gasteiger partial charge in [-0.15, -0.1) is 0 Å². The van der Waals surface area contributed by atoms with Crippen molar-refractivity contribution in [1.82, 2.24) is 9.80 Å². The molecule has 1 atom stereocenters. The Morgan fingerprint density at radius 1 is 1.36 bits per heavy atom. The maximum atomic E-state index is 12.9. The number of likely N-dealkylation sites (N-methyl/N-ethyl adjacent to an activating group) is 1. The number of nitrogens with zero attached hydrogens (tertiary/aromatic N) is 2. The van der Waals surface area contributed by atoms with E-state index in [4.69, 9.17) is 14.6 Å². The van der Waals surface area contributed by atoms with Crippen LogP contribution in [0.5, 0.6) is 5.75 Å². The first-order chi connectivity index (χ1) is 11.6. The molecule has 0 unspecified atom stereocenters. The molecule has 1 aromatic rings. The summed E-state index contributed by atoms with van der Waals surface area (Å²) >= 11 is 0. The van der Waals surface area contributed by atoms with Gasteiger partial charge in [0.2, 0.25) is 10.0 Å². The van der Waals surface area contributed by atoms with Crippen LogP contribution >= 0.6 is 0 Å². The number of carbonyl (C=O) groups excluding carboxylic acids is 2. The van der Waals surface area contributed by atoms with Crippen LogP contribution in [0.1, 0.15) is 16.8 Å². The average Bonchev–Trinajstić information content (AvgIpc) is 3.08. The molecule has 0 aromatic heterocycles. The topological polar surface area (TPSA) is 119 Å². The molecule has 1 aromatic carbocycles. The van der Waals surface area contributed by atoms with Gasteiger partial charge in [-0.3, -0.25) is 4.79 Å². The Labute approximate surface area is 145 Å². The van der Waals surface area contributed by atoms with Gasteiger partial charge in [0.25, 0.3) is 5.91 Å². The van der Waals surface area contributed by atoms with Crippen molar-refractivity contribution in [2.24, 2.45) is 5.14 Å². The minimum Gasteiger partial charge on any atom is -0.496 e. The van der Waals surface area contributed by atoms with Gasteiger partial charge in [0, 0.05) is 20.0 Å². The van der Waals surface area contributed by atoms with Crippen molar-refractivity contribution in [3.8, 4) is 5.75 Å². The van der Waals surface area contributed by atoms with Gasteiger partial charge in [-0.2, -0.15) is 0 Å². The van der Waals surface area contributed by atoms with Crippen LogP contribution in [0.2, 0.25) is 0 Å². The summed E-state index contributed by atoms with van der Waals surface area (Å²) in [7, 11) is -0.917. The number of likely N-dealkylation sites (tertiary alicyclic amines) is 1. The van der Waals surface area contributed by atoms with Crippen molar-refractivity contribution in [1.29, 1.82) is 0 Å². The minimum atomic E-state index is -3.95. The molecule has 2 fully saturated rings. The van der Waals surface area contributed by atoms with Gasteiger partial charge < -0.3 is 19.3 Å². The predicted molar refractivity (Wildman–Crippen MR) is 86.7 cm³/mol. The normalized spacial score (nSPS) is 23.2. The molecule has 2 aliphatic rings. The second-order valence-electron chi connectivity index (χ2n) is 6.29. The Morgan fingerprint density at radius 3 is 2.64 bits per heavy atom. The molecule has 1 spiro atoms. The van der Waals surface area contributed by atoms with E-state index in [1.54, 1.807) is 7.05 Å². The van der Waals surface area contributed by atoms with Gasteiger partial charge in [0.15, 0.2) is 5.60 Å². The second kappa shape index (κ2) is 5.88. The van der Waals surface area contributed by atoms with Crippen LogP contribution in [0, 0.1) is 0 Å². The molecule has 136 valence electrons. The van der Waals surface area contributed by atoms with Gasteiger partial charge in [0.1, 0.15) is 5.75 Å². The highest BCUT2D eigenvalue weighted by molar-refractivity contribution is 7.89. The predicted octanol–water partition coefficient (Wildman–Crippen LogP) is 0.00930. The third kappa shape index (κ3) is 3.14. The third-order valence-electron chi connectivity index (χ3n) is 4.47. The lowest BCUT2D eigenvalue weighted by Gasteiger charge is -2.22. The number of hydrogen-bond donors (Lipinski definition) is 1. The molecule has 0 radical (unpaired) electrons. The standard InChI is InChI=1S/C15H19N3O6S/c1-17-8-15(24-14(17)20)5-6-18(9-15)13(19)11-7-10(25(16,21)22)3-4-12(11)23-2/h3-4,7H,5-6,8-9H2,1-2H3,(H2,16,21,22)/t15-/m0/s1. The number of benzene rings is 1. The van der Waals surface area contributed by atoms with Gasteiger partial charge in [-0.1, -0.05) is 0 Å². The van der Waals surface area contributed by atoms with Crippen molar-refractivity contribution in [3.63, 3.8) is 0 Å². The largest absolute Gasteiger partial charge is 0.496 e. The molecule has 25 heavy (non-hydrogen) atoms. The van der Waals surface area contributed by atoms with E-state index >= 15 is 0 Å². The molecule has 0 saturated carbocycles. The van der Waals surface area contributed by atoms with Crippen LogP contribution in [0.3, 0.4) is 0 Å². The van der Waals surface area contributed by atoms with Gasteiger partial charge >= 0.3 is 6.09 Å². The van der Waals surface area contributed by atoms with Crippen molar-refractivity contribution >= 4 is 22.0 Å². The summed E-state index contributed by atoms with van der Waals surface area (Å²) in [5.74, 6) is -0.149. The second-order valence-corrected chi connectivity index (χ2v) is 7.85. The molecule has 0 bridgehead atoms. The molecule has 2 saturated heterocycles. The minimum absolute atomic E-state index is 0.101. The lowest BCUT2D eigenvalue weighted by Crippen LogP contribution is -2.39. The van der Waals surface area contributed by atoms with Crippen LogP contribution in [0.25, 0.3) is 0 Å². The number of ether oxygens (including phenoxy) is 2. The number of primary sulfonamides is 1. The Bertz CT molecular complexity index is 840. The summed E-state index contributed by atoms with van der Waals surface area (Å²) in [5.41, 5.74) is -0.615. The SMILES string of the molecule is COc1ccc(S(N)(=O)=O)cc1C(=O)N1CC[C@]2(CN(C)C(=O)O2)C1. The molecular weight excluding hydrogens is 350 g/mol. The van der Waals surface area contributed by atoms with Gasteiger partial charge in [0.05, 0.1) is 30.7 Å². The van der Waals surface area contributed by atoms with Crippen molar-refractivity contribution in [3.05, 3.63) is 23.8 Å². The van der Waals surface area contributed by atoms with Crippen molar-refractivity contribution < 1.29 is 27.5 Å². The molecule has 2 amide bonds. The number of rotatable bonds is 3. The number of amides is 2. The molecule has 3 rings (SSSR count). The molecule has 2 aliphatic heterocycles. The Morgan fingerprint density at radius 2 is 2.08 bits per heavy atom. The summed E-state index contributed by atoms with van der Waals surface area (Å²) in [6, 6.07) is 3.88. The summed E-state index contributed by atoms with van der Waals surface area (Å²) in [4.78, 5) is 27.3. The van der Waals surface area contributed by atoms with Crippen LogP contribution < -0.4 is 9.88 Å². The zero-order valence-corrected chi connectivity index (χ0v) is 14.7. The Hall–Kier alpha value is -2.33. The monoisotopic (exact) mass is 369 g/mol. The fourth-order valence-corrected chi connectivity index (χ4v) is 3.76. The van der Waals surface area contributed by atoms with E-state index in [0.29, 0.717) is 19.5 Å². The van der Waals surface area contributed by atoms with E-state index in [1.807, 2.05) is 0 Å². The number of sulfonamides is 1. The maximum Gasteiger partial charge on any atom is 0.410 e. The molecular formula is C15H19N3O6S. The summed E-state index contributed by atoms with van der Waals surface area (Å²) < 4.78 is 33.7. The average molecular weight is 369 g/mol. The number of hydrogen-bond acceptors (Lipinski definition) is 6. The van der Waals surface area contributed by atoms with E-state index in [9.17, 15) is 18.0 Å². The van der Waals surface area contributed by atoms with Crippen molar-refractivity contribution in [2.75, 3.05) is 33.8 Å². The number of carbonyl (C=O) groups is 2. The highest BCUT2D eigenvalue weighted by atomic mass is 32.2. The van der Waals surface area contributed by atoms with Gasteiger partial charge in [-0.05, 0) is 18.2 Å². The fraction of sp³-hybridized carbons (Fsp3) is 0.467. The van der Waals surface area contributed by atoms with Crippen LogP contribution in [0.15, 0.2) is 23.1 Å². The molecule has 9 nitrogen and oxygen atoms in total. The van der Waals surface area contributed by atoms with Gasteiger partial charge in [-0.25, -0.2) is 18.4 Å². The maximum absolute atomic E-state index is 12.9. The van der Waals surface area contributed by atoms with E-state index in [-0.39, 0.29) is 22.8 Å². The van der Waals surface area contributed by atoms with E-state index in [0.717, 1.165) is 0 Å². The van der Waals surface area contributed by atoms with E-state index in [2.05, 4.69) is 0 Å². The molecule has 2 N–H and O–H groups in total. The first-order valence-corrected chi connectivity index (χ1v) is 9.14. The number of methoxy groups -OCH3 is 1. The zero-order valence-electron chi connectivity index (χ0n) is 13.9.